The number of nitrogens with zero attached hydrogens (tertiary/aromatic N) is 2. The first-order valence-electron chi connectivity index (χ1n) is 6.21. The van der Waals surface area contributed by atoms with Crippen LogP contribution in [0.15, 0.2) is 48.8 Å². The van der Waals surface area contributed by atoms with Crippen LogP contribution in [0.3, 0.4) is 0 Å². The topological polar surface area (TPSA) is 52.1 Å². The van der Waals surface area contributed by atoms with Crippen LogP contribution in [-0.2, 0) is 0 Å². The largest absolute Gasteiger partial charge is 0.439 e. The number of fused-ring (bicyclic) bond motifs is 1. The Morgan fingerprint density at radius 2 is 2.05 bits per heavy atom. The molecule has 0 radical (unpaired) electrons. The van der Waals surface area contributed by atoms with E-state index in [2.05, 4.69) is 9.97 Å². The van der Waals surface area contributed by atoms with Gasteiger partial charge in [-0.1, -0.05) is 6.07 Å². The monoisotopic (exact) mass is 264 g/mol. The van der Waals surface area contributed by atoms with Crippen molar-refractivity contribution in [3.63, 3.8) is 0 Å². The number of carbonyl (C=O) groups is 1. The van der Waals surface area contributed by atoms with E-state index in [0.29, 0.717) is 17.2 Å². The Bertz CT molecular complexity index is 784. The Labute approximate surface area is 116 Å². The highest BCUT2D eigenvalue weighted by atomic mass is 16.5. The number of ether oxygens (including phenoxy) is 1. The predicted octanol–water partition coefficient (Wildman–Crippen LogP) is 3.54. The molecule has 4 heteroatoms. The van der Waals surface area contributed by atoms with Crippen molar-refractivity contribution < 1.29 is 9.53 Å². The Kier molecular flexibility index (Phi) is 3.13. The molecule has 2 aromatic heterocycles. The van der Waals surface area contributed by atoms with Gasteiger partial charge in [-0.15, -0.1) is 0 Å². The fourth-order valence-electron chi connectivity index (χ4n) is 1.98. The molecule has 0 aliphatic heterocycles. The van der Waals surface area contributed by atoms with E-state index >= 15 is 0 Å². The van der Waals surface area contributed by atoms with Crippen LogP contribution < -0.4 is 4.74 Å². The normalized spacial score (nSPS) is 10.4. The second kappa shape index (κ2) is 5.09. The van der Waals surface area contributed by atoms with Crippen molar-refractivity contribution in [2.45, 2.75) is 6.92 Å². The molecule has 98 valence electrons. The smallest absolute Gasteiger partial charge is 0.222 e. The summed E-state index contributed by atoms with van der Waals surface area (Å²) in [5, 5.41) is 1.06. The quantitative estimate of drug-likeness (QED) is 0.679. The van der Waals surface area contributed by atoms with Gasteiger partial charge >= 0.3 is 0 Å². The zero-order chi connectivity index (χ0) is 13.9. The summed E-state index contributed by atoms with van der Waals surface area (Å²) < 4.78 is 5.75. The number of rotatable bonds is 3. The minimum absolute atomic E-state index is 0.492. The molecule has 0 saturated carbocycles. The molecule has 2 heterocycles. The lowest BCUT2D eigenvalue weighted by Gasteiger charge is -2.08. The Morgan fingerprint density at radius 1 is 1.15 bits per heavy atom. The van der Waals surface area contributed by atoms with Gasteiger partial charge in [-0.3, -0.25) is 9.78 Å². The van der Waals surface area contributed by atoms with Crippen molar-refractivity contribution in [3.8, 4) is 11.6 Å². The molecule has 0 unspecified atom stereocenters. The van der Waals surface area contributed by atoms with Crippen molar-refractivity contribution in [2.24, 2.45) is 0 Å². The minimum atomic E-state index is 0.492. The van der Waals surface area contributed by atoms with Gasteiger partial charge in [0.15, 0.2) is 6.29 Å². The van der Waals surface area contributed by atoms with Gasteiger partial charge in [-0.25, -0.2) is 4.98 Å². The van der Waals surface area contributed by atoms with E-state index in [1.54, 1.807) is 12.3 Å². The van der Waals surface area contributed by atoms with E-state index in [9.17, 15) is 4.79 Å². The van der Waals surface area contributed by atoms with Gasteiger partial charge in [0, 0.05) is 35.0 Å². The summed E-state index contributed by atoms with van der Waals surface area (Å²) in [6.45, 7) is 1.86. The highest BCUT2D eigenvalue weighted by Gasteiger charge is 2.05. The first-order chi connectivity index (χ1) is 9.76. The molecule has 0 atom stereocenters. The first kappa shape index (κ1) is 12.3. The maximum absolute atomic E-state index is 10.7. The molecule has 20 heavy (non-hydrogen) atoms. The zero-order valence-corrected chi connectivity index (χ0v) is 10.9. The van der Waals surface area contributed by atoms with E-state index in [1.165, 1.54) is 6.20 Å². The van der Waals surface area contributed by atoms with E-state index in [1.807, 2.05) is 37.3 Å². The van der Waals surface area contributed by atoms with E-state index < -0.39 is 0 Å². The van der Waals surface area contributed by atoms with Crippen molar-refractivity contribution >= 4 is 17.2 Å². The number of aldehydes is 1. The highest BCUT2D eigenvalue weighted by molar-refractivity contribution is 5.79. The van der Waals surface area contributed by atoms with Gasteiger partial charge < -0.3 is 4.74 Å². The van der Waals surface area contributed by atoms with Gasteiger partial charge in [-0.05, 0) is 31.2 Å². The standard InChI is InChI=1S/C16H12N2O2/c1-11-7-12(10-19)9-18-16(11)20-14-5-4-13-3-2-6-17-15(13)8-14/h2-10H,1H3. The minimum Gasteiger partial charge on any atom is -0.439 e. The number of hydrogen-bond acceptors (Lipinski definition) is 4. The molecule has 0 bridgehead atoms. The van der Waals surface area contributed by atoms with Crippen molar-refractivity contribution in [1.29, 1.82) is 0 Å². The van der Waals surface area contributed by atoms with Crippen molar-refractivity contribution in [2.75, 3.05) is 0 Å². The van der Waals surface area contributed by atoms with Crippen LogP contribution in [0, 0.1) is 6.92 Å². The summed E-state index contributed by atoms with van der Waals surface area (Å²) in [5.74, 6) is 1.16. The van der Waals surface area contributed by atoms with Gasteiger partial charge in [0.25, 0.3) is 0 Å². The summed E-state index contributed by atoms with van der Waals surface area (Å²) in [7, 11) is 0. The first-order valence-corrected chi connectivity index (χ1v) is 6.21. The number of aryl methyl sites for hydroxylation is 1. The van der Waals surface area contributed by atoms with Gasteiger partial charge in [-0.2, -0.15) is 0 Å². The zero-order valence-electron chi connectivity index (χ0n) is 10.9. The van der Waals surface area contributed by atoms with Gasteiger partial charge in [0.1, 0.15) is 5.75 Å². The van der Waals surface area contributed by atoms with E-state index in [0.717, 1.165) is 22.8 Å². The summed E-state index contributed by atoms with van der Waals surface area (Å²) in [6, 6.07) is 11.3. The summed E-state index contributed by atoms with van der Waals surface area (Å²) in [5.41, 5.74) is 2.22. The van der Waals surface area contributed by atoms with E-state index in [-0.39, 0.29) is 0 Å². The third-order valence-corrected chi connectivity index (χ3v) is 2.98. The van der Waals surface area contributed by atoms with Crippen LogP contribution in [0.2, 0.25) is 0 Å². The van der Waals surface area contributed by atoms with Crippen LogP contribution in [0.5, 0.6) is 11.6 Å². The molecular formula is C16H12N2O2. The molecular weight excluding hydrogens is 252 g/mol. The highest BCUT2D eigenvalue weighted by Crippen LogP contribution is 2.25. The molecule has 1 aromatic carbocycles. The molecule has 4 nitrogen and oxygen atoms in total. The molecule has 0 aliphatic rings. The molecule has 0 saturated heterocycles. The predicted molar refractivity (Wildman–Crippen MR) is 76.2 cm³/mol. The Morgan fingerprint density at radius 3 is 2.85 bits per heavy atom. The molecule has 0 aliphatic carbocycles. The molecule has 0 fully saturated rings. The average molecular weight is 264 g/mol. The van der Waals surface area contributed by atoms with Crippen molar-refractivity contribution in [1.82, 2.24) is 9.97 Å². The fraction of sp³-hybridized carbons (Fsp3) is 0.0625. The fourth-order valence-corrected chi connectivity index (χ4v) is 1.98. The van der Waals surface area contributed by atoms with Crippen molar-refractivity contribution in [3.05, 3.63) is 59.9 Å². The molecule has 3 aromatic rings. The van der Waals surface area contributed by atoms with Crippen LogP contribution in [0.4, 0.5) is 0 Å². The lowest BCUT2D eigenvalue weighted by Crippen LogP contribution is -1.93. The summed E-state index contributed by atoms with van der Waals surface area (Å²) in [6.07, 6.45) is 4.01. The SMILES string of the molecule is Cc1cc(C=O)cnc1Oc1ccc2cccnc2c1. The molecule has 0 amide bonds. The maximum Gasteiger partial charge on any atom is 0.222 e. The lowest BCUT2D eigenvalue weighted by molar-refractivity contribution is 0.112. The number of carbonyl (C=O) groups excluding carboxylic acids is 1. The summed E-state index contributed by atoms with van der Waals surface area (Å²) >= 11 is 0. The lowest BCUT2D eigenvalue weighted by atomic mass is 10.2. The van der Waals surface area contributed by atoms with Crippen LogP contribution >= 0.6 is 0 Å². The number of aromatic nitrogens is 2. The second-order valence-corrected chi connectivity index (χ2v) is 4.47. The number of pyridine rings is 2. The maximum atomic E-state index is 10.7. The van der Waals surface area contributed by atoms with E-state index in [4.69, 9.17) is 4.74 Å². The third kappa shape index (κ3) is 2.36. The Balaban J connectivity index is 1.94. The number of hydrogen-bond donors (Lipinski definition) is 0. The second-order valence-electron chi connectivity index (χ2n) is 4.47. The van der Waals surface area contributed by atoms with Gasteiger partial charge in [0.05, 0.1) is 5.52 Å². The average Bonchev–Trinajstić information content (AvgIpc) is 2.49. The summed E-state index contributed by atoms with van der Waals surface area (Å²) in [4.78, 5) is 19.1. The molecule has 3 rings (SSSR count). The molecule has 0 spiro atoms. The Hall–Kier alpha value is -2.75. The number of benzene rings is 1. The third-order valence-electron chi connectivity index (χ3n) is 2.98. The van der Waals surface area contributed by atoms with Gasteiger partial charge in [0.2, 0.25) is 5.88 Å². The van der Waals surface area contributed by atoms with Crippen LogP contribution in [0.1, 0.15) is 15.9 Å². The van der Waals surface area contributed by atoms with Crippen LogP contribution in [0.25, 0.3) is 10.9 Å². The molecule has 0 N–H and O–H groups in total. The van der Waals surface area contributed by atoms with Crippen LogP contribution in [-0.4, -0.2) is 16.3 Å².